The van der Waals surface area contributed by atoms with Crippen LogP contribution < -0.4 is 0 Å². The number of benzene rings is 1. The van der Waals surface area contributed by atoms with Crippen LogP contribution in [-0.2, 0) is 0 Å². The standard InChI is InChI=1S/C18H24N2O2.ClH/c1-14(21)15-6-8-16(9-7-15)18(22)20-12-4-5-17(20)13-19-10-2-3-11-19;/h6-9,17H,2-5,10-13H2,1H3;1H/t17-;/m0./s1. The van der Waals surface area contributed by atoms with Gasteiger partial charge < -0.3 is 9.80 Å². The Bertz CT molecular complexity index is 553. The van der Waals surface area contributed by atoms with Crippen LogP contribution in [0.5, 0.6) is 0 Å². The average Bonchev–Trinajstić information content (AvgIpc) is 3.19. The molecule has 0 saturated carbocycles. The van der Waals surface area contributed by atoms with Crippen molar-refractivity contribution in [3.05, 3.63) is 35.4 Å². The maximum atomic E-state index is 12.7. The Balaban J connectivity index is 0.00000192. The molecular formula is C18H25ClN2O2. The molecule has 1 amide bonds. The van der Waals surface area contributed by atoms with Crippen LogP contribution in [0.1, 0.15) is 53.3 Å². The van der Waals surface area contributed by atoms with Crippen LogP contribution in [0.4, 0.5) is 0 Å². The van der Waals surface area contributed by atoms with Crippen molar-refractivity contribution in [3.63, 3.8) is 0 Å². The fraction of sp³-hybridized carbons (Fsp3) is 0.556. The van der Waals surface area contributed by atoms with Crippen LogP contribution in [0.25, 0.3) is 0 Å². The van der Waals surface area contributed by atoms with Crippen LogP contribution in [0.3, 0.4) is 0 Å². The molecule has 5 heteroatoms. The fourth-order valence-corrected chi connectivity index (χ4v) is 3.57. The van der Waals surface area contributed by atoms with Gasteiger partial charge >= 0.3 is 0 Å². The van der Waals surface area contributed by atoms with Crippen molar-refractivity contribution < 1.29 is 9.59 Å². The van der Waals surface area contributed by atoms with Crippen LogP contribution in [0, 0.1) is 0 Å². The summed E-state index contributed by atoms with van der Waals surface area (Å²) < 4.78 is 0. The molecule has 0 spiro atoms. The monoisotopic (exact) mass is 336 g/mol. The zero-order valence-corrected chi connectivity index (χ0v) is 14.5. The lowest BCUT2D eigenvalue weighted by Gasteiger charge is -2.28. The Labute approximate surface area is 144 Å². The molecule has 4 nitrogen and oxygen atoms in total. The van der Waals surface area contributed by atoms with Crippen molar-refractivity contribution >= 4 is 24.1 Å². The Kier molecular flexibility index (Phi) is 6.19. The van der Waals surface area contributed by atoms with E-state index in [-0.39, 0.29) is 24.1 Å². The summed E-state index contributed by atoms with van der Waals surface area (Å²) in [5.74, 6) is 0.142. The summed E-state index contributed by atoms with van der Waals surface area (Å²) in [7, 11) is 0. The highest BCUT2D eigenvalue weighted by Gasteiger charge is 2.31. The topological polar surface area (TPSA) is 40.6 Å². The number of carbonyl (C=O) groups excluding carboxylic acids is 2. The maximum absolute atomic E-state index is 12.7. The summed E-state index contributed by atoms with van der Waals surface area (Å²) >= 11 is 0. The maximum Gasteiger partial charge on any atom is 0.254 e. The van der Waals surface area contributed by atoms with Crippen molar-refractivity contribution in [2.45, 2.75) is 38.6 Å². The number of hydrogen-bond donors (Lipinski definition) is 0. The molecular weight excluding hydrogens is 312 g/mol. The van der Waals surface area contributed by atoms with Gasteiger partial charge in [-0.05, 0) is 57.8 Å². The predicted octanol–water partition coefficient (Wildman–Crippen LogP) is 3.01. The molecule has 2 heterocycles. The minimum atomic E-state index is 0. The Morgan fingerprint density at radius 3 is 2.22 bits per heavy atom. The van der Waals surface area contributed by atoms with Gasteiger partial charge in [-0.25, -0.2) is 0 Å². The summed E-state index contributed by atoms with van der Waals surface area (Å²) in [6, 6.07) is 7.41. The molecule has 1 aromatic carbocycles. The van der Waals surface area contributed by atoms with E-state index in [4.69, 9.17) is 0 Å². The minimum Gasteiger partial charge on any atom is -0.334 e. The average molecular weight is 337 g/mol. The quantitative estimate of drug-likeness (QED) is 0.794. The van der Waals surface area contributed by atoms with Crippen LogP contribution in [0.15, 0.2) is 24.3 Å². The molecule has 126 valence electrons. The molecule has 0 bridgehead atoms. The molecule has 2 saturated heterocycles. The molecule has 1 aromatic rings. The van der Waals surface area contributed by atoms with Gasteiger partial charge in [-0.3, -0.25) is 9.59 Å². The molecule has 2 aliphatic rings. The normalized spacial score (nSPS) is 21.3. The molecule has 2 aliphatic heterocycles. The van der Waals surface area contributed by atoms with Gasteiger partial charge in [-0.15, -0.1) is 12.4 Å². The highest BCUT2D eigenvalue weighted by atomic mass is 35.5. The first-order chi connectivity index (χ1) is 10.6. The number of amides is 1. The van der Waals surface area contributed by atoms with Crippen molar-refractivity contribution in [1.29, 1.82) is 0 Å². The van der Waals surface area contributed by atoms with E-state index in [1.165, 1.54) is 25.9 Å². The fourth-order valence-electron chi connectivity index (χ4n) is 3.57. The van der Waals surface area contributed by atoms with E-state index >= 15 is 0 Å². The summed E-state index contributed by atoms with van der Waals surface area (Å²) in [5.41, 5.74) is 1.35. The van der Waals surface area contributed by atoms with E-state index in [2.05, 4.69) is 4.90 Å². The lowest BCUT2D eigenvalue weighted by Crippen LogP contribution is -2.42. The summed E-state index contributed by atoms with van der Waals surface area (Å²) in [6.07, 6.45) is 4.77. The number of halogens is 1. The number of ketones is 1. The number of Topliss-reactive ketones (excluding diaryl/α,β-unsaturated/α-hetero) is 1. The number of rotatable bonds is 4. The number of hydrogen-bond acceptors (Lipinski definition) is 3. The Morgan fingerprint density at radius 1 is 1.00 bits per heavy atom. The molecule has 1 atom stereocenters. The van der Waals surface area contributed by atoms with Gasteiger partial charge in [0.05, 0.1) is 0 Å². The molecule has 0 N–H and O–H groups in total. The molecule has 23 heavy (non-hydrogen) atoms. The minimum absolute atomic E-state index is 0. The first kappa shape index (κ1) is 18.0. The van der Waals surface area contributed by atoms with Crippen LogP contribution >= 0.6 is 12.4 Å². The van der Waals surface area contributed by atoms with Gasteiger partial charge in [-0.1, -0.05) is 12.1 Å². The van der Waals surface area contributed by atoms with Crippen molar-refractivity contribution in [2.75, 3.05) is 26.2 Å². The lowest BCUT2D eigenvalue weighted by atomic mass is 10.1. The van der Waals surface area contributed by atoms with Gasteiger partial charge in [-0.2, -0.15) is 0 Å². The summed E-state index contributed by atoms with van der Waals surface area (Å²) in [6.45, 7) is 5.75. The van der Waals surface area contributed by atoms with Gasteiger partial charge in [0.25, 0.3) is 5.91 Å². The molecule has 0 aliphatic carbocycles. The molecule has 2 fully saturated rings. The largest absolute Gasteiger partial charge is 0.334 e. The van der Waals surface area contributed by atoms with Gasteiger partial charge in [0.1, 0.15) is 0 Å². The first-order valence-electron chi connectivity index (χ1n) is 8.29. The molecule has 3 rings (SSSR count). The third-order valence-electron chi connectivity index (χ3n) is 4.84. The zero-order chi connectivity index (χ0) is 15.5. The van der Waals surface area contributed by atoms with Crippen molar-refractivity contribution in [3.8, 4) is 0 Å². The Morgan fingerprint density at radius 2 is 1.61 bits per heavy atom. The van der Waals surface area contributed by atoms with E-state index in [0.717, 1.165) is 25.9 Å². The Hall–Kier alpha value is -1.39. The van der Waals surface area contributed by atoms with E-state index < -0.39 is 0 Å². The lowest BCUT2D eigenvalue weighted by molar-refractivity contribution is 0.0708. The second-order valence-corrected chi connectivity index (χ2v) is 6.44. The third-order valence-corrected chi connectivity index (χ3v) is 4.84. The van der Waals surface area contributed by atoms with E-state index in [0.29, 0.717) is 17.2 Å². The van der Waals surface area contributed by atoms with Crippen molar-refractivity contribution in [1.82, 2.24) is 9.80 Å². The highest BCUT2D eigenvalue weighted by Crippen LogP contribution is 2.22. The van der Waals surface area contributed by atoms with Crippen LogP contribution in [0.2, 0.25) is 0 Å². The van der Waals surface area contributed by atoms with E-state index in [1.807, 2.05) is 4.90 Å². The number of likely N-dealkylation sites (tertiary alicyclic amines) is 2. The van der Waals surface area contributed by atoms with E-state index in [1.54, 1.807) is 31.2 Å². The number of nitrogens with zero attached hydrogens (tertiary/aromatic N) is 2. The van der Waals surface area contributed by atoms with Gasteiger partial charge in [0.15, 0.2) is 5.78 Å². The van der Waals surface area contributed by atoms with Crippen LogP contribution in [-0.4, -0.2) is 53.7 Å². The molecule has 0 unspecified atom stereocenters. The molecule has 0 aromatic heterocycles. The molecule has 0 radical (unpaired) electrons. The predicted molar refractivity (Wildman–Crippen MR) is 93.4 cm³/mol. The summed E-state index contributed by atoms with van der Waals surface area (Å²) in [4.78, 5) is 28.6. The second-order valence-electron chi connectivity index (χ2n) is 6.44. The third kappa shape index (κ3) is 4.12. The smallest absolute Gasteiger partial charge is 0.254 e. The first-order valence-corrected chi connectivity index (χ1v) is 8.29. The zero-order valence-electron chi connectivity index (χ0n) is 13.7. The SMILES string of the molecule is CC(=O)c1ccc(C(=O)N2CCC[C@H]2CN2CCCC2)cc1.Cl. The second kappa shape index (κ2) is 7.93. The highest BCUT2D eigenvalue weighted by molar-refractivity contribution is 5.97. The number of carbonyl (C=O) groups is 2. The van der Waals surface area contributed by atoms with Gasteiger partial charge in [0, 0.05) is 30.3 Å². The van der Waals surface area contributed by atoms with E-state index in [9.17, 15) is 9.59 Å². The summed E-state index contributed by atoms with van der Waals surface area (Å²) in [5, 5.41) is 0. The van der Waals surface area contributed by atoms with Gasteiger partial charge in [0.2, 0.25) is 0 Å². The van der Waals surface area contributed by atoms with Crippen molar-refractivity contribution in [2.24, 2.45) is 0 Å².